The van der Waals surface area contributed by atoms with E-state index in [1.165, 1.54) is 6.42 Å². The van der Waals surface area contributed by atoms with Crippen molar-refractivity contribution in [3.63, 3.8) is 0 Å². The smallest absolute Gasteiger partial charge is 0.224 e. The van der Waals surface area contributed by atoms with E-state index in [0.29, 0.717) is 32.6 Å². The van der Waals surface area contributed by atoms with Crippen molar-refractivity contribution < 1.29 is 14.3 Å². The fourth-order valence-electron chi connectivity index (χ4n) is 1.85. The molecule has 1 saturated heterocycles. The van der Waals surface area contributed by atoms with E-state index < -0.39 is 0 Å². The molecule has 1 atom stereocenters. The maximum Gasteiger partial charge on any atom is 0.224 e. The summed E-state index contributed by atoms with van der Waals surface area (Å²) in [5.74, 6) is 0.0230. The van der Waals surface area contributed by atoms with Crippen LogP contribution in [0.1, 0.15) is 32.1 Å². The van der Waals surface area contributed by atoms with Crippen molar-refractivity contribution in [2.24, 2.45) is 0 Å². The van der Waals surface area contributed by atoms with Gasteiger partial charge in [0.1, 0.15) is 0 Å². The number of nitrogens with zero attached hydrogens (tertiary/aromatic N) is 2. The summed E-state index contributed by atoms with van der Waals surface area (Å²) in [4.78, 5) is 13.2. The zero-order chi connectivity index (χ0) is 13.2. The van der Waals surface area contributed by atoms with Crippen molar-refractivity contribution in [1.29, 1.82) is 5.26 Å². The summed E-state index contributed by atoms with van der Waals surface area (Å²) in [6, 6.07) is 2.02. The third kappa shape index (κ3) is 5.99. The van der Waals surface area contributed by atoms with E-state index in [9.17, 15) is 4.79 Å². The first-order valence-electron chi connectivity index (χ1n) is 6.54. The van der Waals surface area contributed by atoms with Crippen molar-refractivity contribution in [1.82, 2.24) is 4.90 Å². The van der Waals surface area contributed by atoms with Gasteiger partial charge in [-0.25, -0.2) is 0 Å². The lowest BCUT2D eigenvalue weighted by atomic mass is 10.1. The lowest BCUT2D eigenvalue weighted by Gasteiger charge is -2.22. The Kier molecular flexibility index (Phi) is 7.38. The van der Waals surface area contributed by atoms with Crippen LogP contribution in [-0.2, 0) is 14.3 Å². The van der Waals surface area contributed by atoms with Crippen LogP contribution in [-0.4, -0.2) is 50.3 Å². The standard InChI is InChI=1S/C13H22N2O3/c1-15(8-4-7-14)13(16)6-10-17-11-12-5-2-3-9-18-12/h12H,2-6,8-11H2,1H3. The molecular weight excluding hydrogens is 232 g/mol. The van der Waals surface area contributed by atoms with Crippen LogP contribution in [0.25, 0.3) is 0 Å². The fraction of sp³-hybridized carbons (Fsp3) is 0.846. The van der Waals surface area contributed by atoms with Gasteiger partial charge in [-0.15, -0.1) is 0 Å². The van der Waals surface area contributed by atoms with Gasteiger partial charge in [-0.2, -0.15) is 5.26 Å². The molecule has 1 unspecified atom stereocenters. The van der Waals surface area contributed by atoms with Gasteiger partial charge in [-0.1, -0.05) is 0 Å². The minimum atomic E-state index is 0.0230. The first-order chi connectivity index (χ1) is 8.74. The van der Waals surface area contributed by atoms with Crippen molar-refractivity contribution in [3.05, 3.63) is 0 Å². The van der Waals surface area contributed by atoms with Crippen LogP contribution in [0.3, 0.4) is 0 Å². The second-order valence-corrected chi connectivity index (χ2v) is 4.54. The third-order valence-electron chi connectivity index (χ3n) is 3.02. The monoisotopic (exact) mass is 254 g/mol. The summed E-state index contributed by atoms with van der Waals surface area (Å²) in [5, 5.41) is 8.43. The molecule has 0 aromatic carbocycles. The van der Waals surface area contributed by atoms with Crippen molar-refractivity contribution in [2.45, 2.75) is 38.2 Å². The topological polar surface area (TPSA) is 62.6 Å². The molecule has 1 rings (SSSR count). The first kappa shape index (κ1) is 14.9. The molecule has 102 valence electrons. The van der Waals surface area contributed by atoms with Gasteiger partial charge < -0.3 is 14.4 Å². The second kappa shape index (κ2) is 8.90. The molecule has 0 N–H and O–H groups in total. The Labute approximate surface area is 109 Å². The van der Waals surface area contributed by atoms with Gasteiger partial charge in [-0.3, -0.25) is 4.79 Å². The zero-order valence-corrected chi connectivity index (χ0v) is 11.1. The van der Waals surface area contributed by atoms with Gasteiger partial charge in [0.05, 0.1) is 38.2 Å². The van der Waals surface area contributed by atoms with Crippen LogP contribution in [0, 0.1) is 11.3 Å². The van der Waals surface area contributed by atoms with E-state index in [-0.39, 0.29) is 12.0 Å². The Hall–Kier alpha value is -1.12. The summed E-state index contributed by atoms with van der Waals surface area (Å²) < 4.78 is 11.0. The largest absolute Gasteiger partial charge is 0.378 e. The maximum atomic E-state index is 11.6. The minimum Gasteiger partial charge on any atom is -0.378 e. The molecule has 1 aliphatic heterocycles. The van der Waals surface area contributed by atoms with Crippen LogP contribution in [0.2, 0.25) is 0 Å². The molecule has 0 saturated carbocycles. The highest BCUT2D eigenvalue weighted by Gasteiger charge is 2.14. The molecule has 0 aromatic heterocycles. The highest BCUT2D eigenvalue weighted by molar-refractivity contribution is 5.75. The Morgan fingerprint density at radius 2 is 2.39 bits per heavy atom. The number of carbonyl (C=O) groups excluding carboxylic acids is 1. The molecular formula is C13H22N2O3. The SMILES string of the molecule is CN(CCC#N)C(=O)CCOCC1CCCCO1. The second-order valence-electron chi connectivity index (χ2n) is 4.54. The van der Waals surface area contributed by atoms with Gasteiger partial charge >= 0.3 is 0 Å². The highest BCUT2D eigenvalue weighted by Crippen LogP contribution is 2.12. The Bertz CT molecular complexity index is 282. The molecule has 5 nitrogen and oxygen atoms in total. The molecule has 0 aliphatic carbocycles. The molecule has 0 radical (unpaired) electrons. The molecule has 5 heteroatoms. The van der Waals surface area contributed by atoms with Crippen molar-refractivity contribution >= 4 is 5.91 Å². The normalized spacial score (nSPS) is 19.2. The van der Waals surface area contributed by atoms with Gasteiger partial charge in [0.15, 0.2) is 0 Å². The average Bonchev–Trinajstić information content (AvgIpc) is 2.41. The molecule has 0 aromatic rings. The van der Waals surface area contributed by atoms with Crippen LogP contribution >= 0.6 is 0 Å². The summed E-state index contributed by atoms with van der Waals surface area (Å²) in [6.07, 6.45) is 4.33. The number of nitriles is 1. The van der Waals surface area contributed by atoms with E-state index in [2.05, 4.69) is 0 Å². The molecule has 0 spiro atoms. The molecule has 1 fully saturated rings. The predicted molar refractivity (Wildman–Crippen MR) is 66.9 cm³/mol. The lowest BCUT2D eigenvalue weighted by Crippen LogP contribution is -2.29. The molecule has 1 aliphatic rings. The van der Waals surface area contributed by atoms with E-state index in [1.807, 2.05) is 6.07 Å². The van der Waals surface area contributed by atoms with Gasteiger partial charge in [-0.05, 0) is 19.3 Å². The van der Waals surface area contributed by atoms with Gasteiger partial charge in [0.25, 0.3) is 0 Å². The van der Waals surface area contributed by atoms with Crippen LogP contribution in [0.15, 0.2) is 0 Å². The highest BCUT2D eigenvalue weighted by atomic mass is 16.5. The summed E-state index contributed by atoms with van der Waals surface area (Å²) >= 11 is 0. The summed E-state index contributed by atoms with van der Waals surface area (Å²) in [6.45, 7) is 2.32. The Balaban J connectivity index is 2.02. The predicted octanol–water partition coefficient (Wildman–Crippen LogP) is 1.33. The number of hydrogen-bond donors (Lipinski definition) is 0. The quantitative estimate of drug-likeness (QED) is 0.643. The van der Waals surface area contributed by atoms with E-state index in [1.54, 1.807) is 11.9 Å². The molecule has 0 bridgehead atoms. The Morgan fingerprint density at radius 1 is 1.56 bits per heavy atom. The van der Waals surface area contributed by atoms with Gasteiger partial charge in [0, 0.05) is 20.2 Å². The fourth-order valence-corrected chi connectivity index (χ4v) is 1.85. The van der Waals surface area contributed by atoms with Crippen LogP contribution in [0.5, 0.6) is 0 Å². The lowest BCUT2D eigenvalue weighted by molar-refractivity contribution is -0.131. The number of rotatable bonds is 7. The maximum absolute atomic E-state index is 11.6. The van der Waals surface area contributed by atoms with Gasteiger partial charge in [0.2, 0.25) is 5.91 Å². The first-order valence-corrected chi connectivity index (χ1v) is 6.54. The number of hydrogen-bond acceptors (Lipinski definition) is 4. The number of amides is 1. The molecule has 18 heavy (non-hydrogen) atoms. The van der Waals surface area contributed by atoms with Crippen molar-refractivity contribution in [2.75, 3.05) is 33.4 Å². The average molecular weight is 254 g/mol. The van der Waals surface area contributed by atoms with E-state index in [4.69, 9.17) is 14.7 Å². The third-order valence-corrected chi connectivity index (χ3v) is 3.02. The Morgan fingerprint density at radius 3 is 3.06 bits per heavy atom. The minimum absolute atomic E-state index is 0.0230. The number of ether oxygens (including phenoxy) is 2. The van der Waals surface area contributed by atoms with Crippen LogP contribution < -0.4 is 0 Å². The summed E-state index contributed by atoms with van der Waals surface area (Å²) in [7, 11) is 1.71. The summed E-state index contributed by atoms with van der Waals surface area (Å²) in [5.41, 5.74) is 0. The van der Waals surface area contributed by atoms with E-state index >= 15 is 0 Å². The molecule has 1 heterocycles. The number of carbonyl (C=O) groups is 1. The van der Waals surface area contributed by atoms with E-state index in [0.717, 1.165) is 19.4 Å². The van der Waals surface area contributed by atoms with Crippen LogP contribution in [0.4, 0.5) is 0 Å². The van der Waals surface area contributed by atoms with Crippen molar-refractivity contribution in [3.8, 4) is 6.07 Å². The zero-order valence-electron chi connectivity index (χ0n) is 11.1. The molecule has 1 amide bonds.